The zero-order chi connectivity index (χ0) is 18.4. The topological polar surface area (TPSA) is 68.0 Å². The van der Waals surface area contributed by atoms with Crippen molar-refractivity contribution in [3.8, 4) is 11.4 Å². The fourth-order valence-electron chi connectivity index (χ4n) is 3.56. The van der Waals surface area contributed by atoms with Crippen LogP contribution in [0.5, 0.6) is 0 Å². The van der Waals surface area contributed by atoms with Gasteiger partial charge in [0, 0.05) is 28.6 Å². The summed E-state index contributed by atoms with van der Waals surface area (Å²) in [6.45, 7) is 0.476. The molecule has 0 aliphatic heterocycles. The van der Waals surface area contributed by atoms with Crippen molar-refractivity contribution in [2.45, 2.75) is 25.3 Å². The van der Waals surface area contributed by atoms with E-state index < -0.39 is 5.97 Å². The fraction of sp³-hybridized carbons (Fsp3) is 0.190. The standard InChI is InChI=1S/C21H17N3O2S/c25-21(26)18-17(13-6-7-13)23-20(15-5-2-9-22-11-15)24(18)12-16-4-1-3-14-8-10-27-19(14)16/h1-5,8-11,13H,6-7,12H2,(H,25,26). The van der Waals surface area contributed by atoms with Gasteiger partial charge in [0.05, 0.1) is 12.2 Å². The Balaban J connectivity index is 1.71. The van der Waals surface area contributed by atoms with Crippen molar-refractivity contribution < 1.29 is 9.90 Å². The molecular formula is C21H17N3O2S. The fourth-order valence-corrected chi connectivity index (χ4v) is 4.46. The lowest BCUT2D eigenvalue weighted by Crippen LogP contribution is -2.12. The van der Waals surface area contributed by atoms with Gasteiger partial charge >= 0.3 is 5.97 Å². The molecule has 4 aromatic rings. The van der Waals surface area contributed by atoms with E-state index in [2.05, 4.69) is 28.6 Å². The number of aromatic carboxylic acids is 1. The van der Waals surface area contributed by atoms with Gasteiger partial charge in [-0.3, -0.25) is 4.98 Å². The van der Waals surface area contributed by atoms with Gasteiger partial charge in [-0.15, -0.1) is 11.3 Å². The summed E-state index contributed by atoms with van der Waals surface area (Å²) in [7, 11) is 0. The second kappa shape index (κ2) is 6.32. The van der Waals surface area contributed by atoms with Crippen LogP contribution in [-0.2, 0) is 6.54 Å². The molecule has 5 rings (SSSR count). The lowest BCUT2D eigenvalue weighted by atomic mass is 10.1. The summed E-state index contributed by atoms with van der Waals surface area (Å²) >= 11 is 1.68. The van der Waals surface area contributed by atoms with Gasteiger partial charge in [0.1, 0.15) is 5.82 Å². The van der Waals surface area contributed by atoms with Gasteiger partial charge in [-0.25, -0.2) is 9.78 Å². The molecule has 3 heterocycles. The van der Waals surface area contributed by atoms with Crippen molar-refractivity contribution in [2.24, 2.45) is 0 Å². The van der Waals surface area contributed by atoms with Crippen LogP contribution in [0.15, 0.2) is 54.2 Å². The number of carboxylic acid groups (broad SMARTS) is 1. The highest BCUT2D eigenvalue weighted by Crippen LogP contribution is 2.42. The molecule has 1 N–H and O–H groups in total. The summed E-state index contributed by atoms with van der Waals surface area (Å²) in [4.78, 5) is 21.1. The Kier molecular flexibility index (Phi) is 3.79. The van der Waals surface area contributed by atoms with Crippen molar-refractivity contribution >= 4 is 27.4 Å². The molecule has 0 unspecified atom stereocenters. The van der Waals surface area contributed by atoms with Crippen molar-refractivity contribution in [1.82, 2.24) is 14.5 Å². The Morgan fingerprint density at radius 2 is 2.11 bits per heavy atom. The number of benzene rings is 1. The third kappa shape index (κ3) is 2.82. The lowest BCUT2D eigenvalue weighted by molar-refractivity contribution is 0.0684. The zero-order valence-corrected chi connectivity index (χ0v) is 15.3. The summed E-state index contributed by atoms with van der Waals surface area (Å²) < 4.78 is 3.04. The van der Waals surface area contributed by atoms with Crippen LogP contribution in [0.2, 0.25) is 0 Å². The minimum atomic E-state index is -0.919. The highest BCUT2D eigenvalue weighted by atomic mass is 32.1. The number of aromatic nitrogens is 3. The number of imidazole rings is 1. The molecule has 6 heteroatoms. The van der Waals surface area contributed by atoms with Gasteiger partial charge < -0.3 is 9.67 Å². The monoisotopic (exact) mass is 375 g/mol. The van der Waals surface area contributed by atoms with E-state index in [-0.39, 0.29) is 5.92 Å². The first-order chi connectivity index (χ1) is 13.2. The summed E-state index contributed by atoms with van der Waals surface area (Å²) in [5.74, 6) is 0.0131. The molecule has 5 nitrogen and oxygen atoms in total. The van der Waals surface area contributed by atoms with Gasteiger partial charge in [-0.2, -0.15) is 0 Å². The van der Waals surface area contributed by atoms with Gasteiger partial charge in [-0.1, -0.05) is 18.2 Å². The Morgan fingerprint density at radius 3 is 2.85 bits per heavy atom. The van der Waals surface area contributed by atoms with Crippen LogP contribution in [0, 0.1) is 0 Å². The maximum Gasteiger partial charge on any atom is 0.354 e. The summed E-state index contributed by atoms with van der Waals surface area (Å²) in [5, 5.41) is 13.2. The van der Waals surface area contributed by atoms with E-state index >= 15 is 0 Å². The van der Waals surface area contributed by atoms with Crippen molar-refractivity contribution in [1.29, 1.82) is 0 Å². The SMILES string of the molecule is O=C(O)c1c(C2CC2)nc(-c2cccnc2)n1Cc1cccc2ccsc12. The second-order valence-corrected chi connectivity index (χ2v) is 7.75. The Morgan fingerprint density at radius 1 is 1.22 bits per heavy atom. The predicted octanol–water partition coefficient (Wildman–Crippen LogP) is 4.78. The number of carboxylic acids is 1. The Labute approximate surface area is 160 Å². The normalized spacial score (nSPS) is 13.9. The number of pyridine rings is 1. The molecule has 0 radical (unpaired) electrons. The molecular weight excluding hydrogens is 358 g/mol. The Hall–Kier alpha value is -2.99. The van der Waals surface area contributed by atoms with Crippen LogP contribution in [0.4, 0.5) is 0 Å². The van der Waals surface area contributed by atoms with Crippen LogP contribution >= 0.6 is 11.3 Å². The van der Waals surface area contributed by atoms with E-state index in [1.165, 1.54) is 10.1 Å². The molecule has 134 valence electrons. The molecule has 27 heavy (non-hydrogen) atoms. The number of rotatable bonds is 5. The third-order valence-corrected chi connectivity index (χ3v) is 5.98. The lowest BCUT2D eigenvalue weighted by Gasteiger charge is -2.11. The first-order valence-electron chi connectivity index (χ1n) is 8.91. The van der Waals surface area contributed by atoms with E-state index in [4.69, 9.17) is 4.98 Å². The summed E-state index contributed by atoms with van der Waals surface area (Å²) in [5.41, 5.74) is 2.96. The number of hydrogen-bond donors (Lipinski definition) is 1. The number of carbonyl (C=O) groups is 1. The molecule has 1 aliphatic rings. The molecule has 0 atom stereocenters. The molecule has 1 fully saturated rings. The number of nitrogens with zero attached hydrogens (tertiary/aromatic N) is 3. The zero-order valence-electron chi connectivity index (χ0n) is 14.5. The molecule has 0 spiro atoms. The van der Waals surface area contributed by atoms with Crippen LogP contribution < -0.4 is 0 Å². The second-order valence-electron chi connectivity index (χ2n) is 6.83. The van der Waals surface area contributed by atoms with E-state index in [1.807, 2.05) is 22.8 Å². The maximum absolute atomic E-state index is 12.1. The van der Waals surface area contributed by atoms with E-state index in [0.717, 1.165) is 24.0 Å². The van der Waals surface area contributed by atoms with Crippen LogP contribution in [-0.4, -0.2) is 25.6 Å². The smallest absolute Gasteiger partial charge is 0.354 e. The first kappa shape index (κ1) is 16.2. The van der Waals surface area contributed by atoms with Gasteiger partial charge in [-0.05, 0) is 47.4 Å². The van der Waals surface area contributed by atoms with Crippen LogP contribution in [0.3, 0.4) is 0 Å². The molecule has 1 saturated carbocycles. The van der Waals surface area contributed by atoms with Crippen LogP contribution in [0.1, 0.15) is 40.5 Å². The number of thiophene rings is 1. The molecule has 0 saturated heterocycles. The number of hydrogen-bond acceptors (Lipinski definition) is 4. The largest absolute Gasteiger partial charge is 0.477 e. The third-order valence-electron chi connectivity index (χ3n) is 4.97. The number of fused-ring (bicyclic) bond motifs is 1. The average Bonchev–Trinajstić information content (AvgIpc) is 3.28. The highest BCUT2D eigenvalue weighted by molar-refractivity contribution is 7.17. The molecule has 0 bridgehead atoms. The van der Waals surface area contributed by atoms with E-state index in [1.54, 1.807) is 23.7 Å². The van der Waals surface area contributed by atoms with Gasteiger partial charge in [0.2, 0.25) is 0 Å². The minimum Gasteiger partial charge on any atom is -0.477 e. The quantitative estimate of drug-likeness (QED) is 0.545. The Bertz CT molecular complexity index is 1140. The van der Waals surface area contributed by atoms with Crippen LogP contribution in [0.25, 0.3) is 21.5 Å². The minimum absolute atomic E-state index is 0.255. The maximum atomic E-state index is 12.1. The predicted molar refractivity (Wildman–Crippen MR) is 105 cm³/mol. The molecule has 3 aromatic heterocycles. The molecule has 1 aromatic carbocycles. The van der Waals surface area contributed by atoms with Crippen molar-refractivity contribution in [2.75, 3.05) is 0 Å². The van der Waals surface area contributed by atoms with Gasteiger partial charge in [0.25, 0.3) is 0 Å². The van der Waals surface area contributed by atoms with E-state index in [0.29, 0.717) is 23.8 Å². The van der Waals surface area contributed by atoms with Crippen molar-refractivity contribution in [3.05, 3.63) is 71.1 Å². The molecule has 1 aliphatic carbocycles. The highest BCUT2D eigenvalue weighted by Gasteiger charge is 2.34. The van der Waals surface area contributed by atoms with Gasteiger partial charge in [0.15, 0.2) is 5.69 Å². The molecule has 0 amide bonds. The van der Waals surface area contributed by atoms with Crippen molar-refractivity contribution in [3.63, 3.8) is 0 Å². The van der Waals surface area contributed by atoms with E-state index in [9.17, 15) is 9.90 Å². The summed E-state index contributed by atoms with van der Waals surface area (Å²) in [6, 6.07) is 12.0. The first-order valence-corrected chi connectivity index (χ1v) is 9.79. The average molecular weight is 375 g/mol. The summed E-state index contributed by atoms with van der Waals surface area (Å²) in [6.07, 6.45) is 5.46.